The molecule has 0 aliphatic rings. The van der Waals surface area contributed by atoms with Crippen LogP contribution in [0, 0.1) is 0 Å². The van der Waals surface area contributed by atoms with Crippen molar-refractivity contribution >= 4 is 45.3 Å². The molecule has 0 aliphatic carbocycles. The molecule has 1 aromatic carbocycles. The summed E-state index contributed by atoms with van der Waals surface area (Å²) in [6, 6.07) is 5.23. The molecule has 0 fully saturated rings. The van der Waals surface area contributed by atoms with Crippen LogP contribution in [-0.4, -0.2) is 16.8 Å². The van der Waals surface area contributed by atoms with Gasteiger partial charge in [-0.2, -0.15) is 0 Å². The fourth-order valence-electron chi connectivity index (χ4n) is 0.939. The SMILES string of the molecule is O=C(O)c1cc(SC/C=C/Cl)ccc1Br. The molecule has 0 saturated carbocycles. The van der Waals surface area contributed by atoms with E-state index < -0.39 is 5.97 Å². The molecule has 0 unspecified atom stereocenters. The molecule has 0 spiro atoms. The Bertz CT molecular complexity index is 393. The maximum absolute atomic E-state index is 10.8. The van der Waals surface area contributed by atoms with Crippen molar-refractivity contribution < 1.29 is 9.90 Å². The van der Waals surface area contributed by atoms with Crippen LogP contribution in [0.3, 0.4) is 0 Å². The standard InChI is InChI=1S/C10H8BrClO2S/c11-9-3-2-7(15-5-1-4-12)6-8(9)10(13)14/h1-4,6H,5H2,(H,13,14)/b4-1+. The molecule has 0 atom stereocenters. The Kier molecular flexibility index (Phi) is 5.22. The first kappa shape index (κ1) is 12.6. The number of benzene rings is 1. The summed E-state index contributed by atoms with van der Waals surface area (Å²) in [6.45, 7) is 0. The summed E-state index contributed by atoms with van der Waals surface area (Å²) in [5, 5.41) is 8.89. The average molecular weight is 308 g/mol. The van der Waals surface area contributed by atoms with Crippen LogP contribution in [0.5, 0.6) is 0 Å². The van der Waals surface area contributed by atoms with E-state index in [-0.39, 0.29) is 5.56 Å². The van der Waals surface area contributed by atoms with Crippen LogP contribution in [0.25, 0.3) is 0 Å². The third kappa shape index (κ3) is 3.89. The van der Waals surface area contributed by atoms with Crippen LogP contribution < -0.4 is 0 Å². The zero-order valence-corrected chi connectivity index (χ0v) is 10.8. The molecule has 15 heavy (non-hydrogen) atoms. The van der Waals surface area contributed by atoms with Crippen LogP contribution in [0.4, 0.5) is 0 Å². The third-order valence-corrected chi connectivity index (χ3v) is 3.42. The van der Waals surface area contributed by atoms with Gasteiger partial charge < -0.3 is 5.11 Å². The van der Waals surface area contributed by atoms with Gasteiger partial charge in [0.2, 0.25) is 0 Å². The zero-order chi connectivity index (χ0) is 11.3. The van der Waals surface area contributed by atoms with Crippen LogP contribution >= 0.6 is 39.3 Å². The molecule has 5 heteroatoms. The maximum atomic E-state index is 10.8. The second kappa shape index (κ2) is 6.20. The van der Waals surface area contributed by atoms with E-state index in [1.165, 1.54) is 17.3 Å². The number of hydrogen-bond donors (Lipinski definition) is 1. The Hall–Kier alpha value is -0.450. The van der Waals surface area contributed by atoms with E-state index in [0.29, 0.717) is 4.47 Å². The van der Waals surface area contributed by atoms with Gasteiger partial charge in [-0.3, -0.25) is 0 Å². The van der Waals surface area contributed by atoms with Crippen molar-refractivity contribution in [3.8, 4) is 0 Å². The topological polar surface area (TPSA) is 37.3 Å². The number of halogens is 2. The van der Waals surface area contributed by atoms with Gasteiger partial charge in [0, 0.05) is 20.7 Å². The van der Waals surface area contributed by atoms with Gasteiger partial charge in [0.1, 0.15) is 0 Å². The quantitative estimate of drug-likeness (QED) is 0.855. The highest BCUT2D eigenvalue weighted by atomic mass is 79.9. The van der Waals surface area contributed by atoms with Crippen molar-refractivity contribution in [1.82, 2.24) is 0 Å². The average Bonchev–Trinajstić information content (AvgIpc) is 2.20. The Morgan fingerprint density at radius 1 is 1.60 bits per heavy atom. The van der Waals surface area contributed by atoms with Gasteiger partial charge in [-0.05, 0) is 34.1 Å². The highest BCUT2D eigenvalue weighted by molar-refractivity contribution is 9.10. The molecule has 1 N–H and O–H groups in total. The van der Waals surface area contributed by atoms with Gasteiger partial charge in [-0.15, -0.1) is 11.8 Å². The van der Waals surface area contributed by atoms with E-state index in [1.54, 1.807) is 18.2 Å². The zero-order valence-electron chi connectivity index (χ0n) is 7.61. The van der Waals surface area contributed by atoms with Crippen LogP contribution in [0.1, 0.15) is 10.4 Å². The molecule has 0 bridgehead atoms. The molecule has 1 rings (SSSR count). The number of thioether (sulfide) groups is 1. The van der Waals surface area contributed by atoms with E-state index >= 15 is 0 Å². The van der Waals surface area contributed by atoms with E-state index in [1.807, 2.05) is 6.07 Å². The summed E-state index contributed by atoms with van der Waals surface area (Å²) < 4.78 is 0.590. The molecule has 2 nitrogen and oxygen atoms in total. The number of aromatic carboxylic acids is 1. The minimum atomic E-state index is -0.933. The highest BCUT2D eigenvalue weighted by Crippen LogP contribution is 2.25. The molecule has 0 amide bonds. The van der Waals surface area contributed by atoms with Crippen molar-refractivity contribution in [3.05, 3.63) is 39.8 Å². The summed E-state index contributed by atoms with van der Waals surface area (Å²) in [7, 11) is 0. The van der Waals surface area contributed by atoms with Gasteiger partial charge in [0.25, 0.3) is 0 Å². The van der Waals surface area contributed by atoms with E-state index in [0.717, 1.165) is 10.6 Å². The molecule has 1 aromatic rings. The summed E-state index contributed by atoms with van der Waals surface area (Å²) in [6.07, 6.45) is 1.80. The molecule has 0 saturated heterocycles. The number of carbonyl (C=O) groups is 1. The molecular formula is C10H8BrClO2S. The molecule has 80 valence electrons. The first-order chi connectivity index (χ1) is 7.15. The number of hydrogen-bond acceptors (Lipinski definition) is 2. The minimum Gasteiger partial charge on any atom is -0.478 e. The van der Waals surface area contributed by atoms with Gasteiger partial charge >= 0.3 is 5.97 Å². The molecular weight excluding hydrogens is 300 g/mol. The fraction of sp³-hybridized carbons (Fsp3) is 0.100. The second-order valence-corrected chi connectivity index (χ2v) is 4.82. The summed E-state index contributed by atoms with van der Waals surface area (Å²) in [4.78, 5) is 11.7. The first-order valence-corrected chi connectivity index (χ1v) is 6.27. The van der Waals surface area contributed by atoms with Gasteiger partial charge in [-0.1, -0.05) is 17.7 Å². The van der Waals surface area contributed by atoms with Crippen molar-refractivity contribution in [2.75, 3.05) is 5.75 Å². The molecule has 0 heterocycles. The predicted octanol–water partition coefficient (Wildman–Crippen LogP) is 3.99. The van der Waals surface area contributed by atoms with E-state index in [4.69, 9.17) is 16.7 Å². The minimum absolute atomic E-state index is 0.273. The van der Waals surface area contributed by atoms with Crippen LogP contribution in [-0.2, 0) is 0 Å². The van der Waals surface area contributed by atoms with Crippen LogP contribution in [0.2, 0.25) is 0 Å². The van der Waals surface area contributed by atoms with E-state index in [2.05, 4.69) is 15.9 Å². The fourth-order valence-corrected chi connectivity index (χ4v) is 2.30. The lowest BCUT2D eigenvalue weighted by molar-refractivity contribution is 0.0695. The van der Waals surface area contributed by atoms with Crippen LogP contribution in [0.15, 0.2) is 39.2 Å². The third-order valence-electron chi connectivity index (χ3n) is 1.60. The Labute approximate surface area is 105 Å². The molecule has 0 aliphatic heterocycles. The lowest BCUT2D eigenvalue weighted by Crippen LogP contribution is -1.97. The summed E-state index contributed by atoms with van der Waals surface area (Å²) in [5.74, 6) is -0.207. The number of rotatable bonds is 4. The van der Waals surface area contributed by atoms with Gasteiger partial charge in [-0.25, -0.2) is 4.79 Å². The number of carboxylic acids is 1. The van der Waals surface area contributed by atoms with Crippen molar-refractivity contribution in [3.63, 3.8) is 0 Å². The second-order valence-electron chi connectivity index (χ2n) is 2.62. The van der Waals surface area contributed by atoms with Gasteiger partial charge in [0.05, 0.1) is 5.56 Å². The van der Waals surface area contributed by atoms with Crippen molar-refractivity contribution in [1.29, 1.82) is 0 Å². The monoisotopic (exact) mass is 306 g/mol. The Morgan fingerprint density at radius 3 is 2.93 bits per heavy atom. The smallest absolute Gasteiger partial charge is 0.336 e. The first-order valence-electron chi connectivity index (χ1n) is 4.06. The Morgan fingerprint density at radius 2 is 2.33 bits per heavy atom. The maximum Gasteiger partial charge on any atom is 0.336 e. The lowest BCUT2D eigenvalue weighted by atomic mass is 10.2. The van der Waals surface area contributed by atoms with Crippen molar-refractivity contribution in [2.24, 2.45) is 0 Å². The summed E-state index contributed by atoms with van der Waals surface area (Å²) in [5.41, 5.74) is 1.72. The lowest BCUT2D eigenvalue weighted by Gasteiger charge is -2.02. The molecule has 0 aromatic heterocycles. The normalized spacial score (nSPS) is 10.8. The largest absolute Gasteiger partial charge is 0.478 e. The van der Waals surface area contributed by atoms with Crippen molar-refractivity contribution in [2.45, 2.75) is 4.90 Å². The Balaban J connectivity index is 2.83. The van der Waals surface area contributed by atoms with Gasteiger partial charge in [0.15, 0.2) is 0 Å². The highest BCUT2D eigenvalue weighted by Gasteiger charge is 2.08. The number of carboxylic acid groups (broad SMARTS) is 1. The predicted molar refractivity (Wildman–Crippen MR) is 66.8 cm³/mol. The summed E-state index contributed by atoms with van der Waals surface area (Å²) >= 11 is 10.1. The van der Waals surface area contributed by atoms with E-state index in [9.17, 15) is 4.79 Å². The molecule has 0 radical (unpaired) electrons.